The second-order valence-corrected chi connectivity index (χ2v) is 1.45. The Morgan fingerprint density at radius 1 is 1.00 bits per heavy atom. The molecule has 0 aliphatic carbocycles. The summed E-state index contributed by atoms with van der Waals surface area (Å²) in [5.74, 6) is -1.99. The van der Waals surface area contributed by atoms with Gasteiger partial charge in [0, 0.05) is 11.9 Å². The molecule has 0 saturated carbocycles. The molecule has 4 nitrogen and oxygen atoms in total. The lowest BCUT2D eigenvalue weighted by Crippen LogP contribution is -2.20. The van der Waals surface area contributed by atoms with Crippen LogP contribution in [0.3, 0.4) is 0 Å². The van der Waals surface area contributed by atoms with E-state index in [-0.39, 0.29) is 26.3 Å². The van der Waals surface area contributed by atoms with Crippen LogP contribution in [0.2, 0.25) is 0 Å². The lowest BCUT2D eigenvalue weighted by Gasteiger charge is -1.87. The Morgan fingerprint density at radius 2 is 1.09 bits per heavy atom. The van der Waals surface area contributed by atoms with Crippen molar-refractivity contribution in [2.24, 2.45) is 0 Å². The summed E-state index contributed by atoms with van der Waals surface area (Å²) >= 11 is 0. The zero-order chi connectivity index (χ0) is 8.57. The van der Waals surface area contributed by atoms with E-state index in [1.54, 1.807) is 0 Å². The van der Waals surface area contributed by atoms with Crippen molar-refractivity contribution < 1.29 is 19.8 Å². The first kappa shape index (κ1) is 16.7. The summed E-state index contributed by atoms with van der Waals surface area (Å²) in [6.07, 6.45) is 0.222. The minimum Gasteiger partial charge on any atom is -0.550 e. The predicted octanol–water partition coefficient (Wildman–Crippen LogP) is -1.71. The van der Waals surface area contributed by atoms with Gasteiger partial charge in [-0.3, -0.25) is 0 Å². The zero-order valence-corrected chi connectivity index (χ0v) is 7.27. The van der Waals surface area contributed by atoms with Gasteiger partial charge in [0.15, 0.2) is 0 Å². The molecule has 0 aliphatic heterocycles. The Kier molecular flexibility index (Phi) is 18.3. The molecule has 0 N–H and O–H groups in total. The SMILES string of the molecule is CCC(=O)[O-].CCC(=O)[O-].[S+2]. The summed E-state index contributed by atoms with van der Waals surface area (Å²) in [6.45, 7) is 3.07. The molecule has 0 rings (SSSR count). The maximum absolute atomic E-state index is 9.26. The molecule has 4 radical (unpaired) electrons. The first-order chi connectivity index (χ1) is 4.54. The predicted molar refractivity (Wildman–Crippen MR) is 38.0 cm³/mol. The van der Waals surface area contributed by atoms with Gasteiger partial charge in [0.25, 0.3) is 0 Å². The summed E-state index contributed by atoms with van der Waals surface area (Å²) in [7, 11) is 0. The van der Waals surface area contributed by atoms with Crippen molar-refractivity contribution in [3.8, 4) is 0 Å². The molecule has 11 heavy (non-hydrogen) atoms. The number of carboxylic acids is 2. The van der Waals surface area contributed by atoms with E-state index in [0.29, 0.717) is 0 Å². The number of hydrogen-bond donors (Lipinski definition) is 0. The van der Waals surface area contributed by atoms with Crippen LogP contribution in [-0.2, 0) is 23.1 Å². The Morgan fingerprint density at radius 3 is 1.09 bits per heavy atom. The van der Waals surface area contributed by atoms with Crippen molar-refractivity contribution in [3.63, 3.8) is 0 Å². The normalized spacial score (nSPS) is 6.73. The molecule has 0 saturated heterocycles. The van der Waals surface area contributed by atoms with Crippen LogP contribution < -0.4 is 10.2 Å². The van der Waals surface area contributed by atoms with Gasteiger partial charge in [-0.1, -0.05) is 13.8 Å². The highest BCUT2D eigenvalue weighted by Crippen LogP contribution is 1.62. The Bertz CT molecular complexity index is 99.1. The highest BCUT2D eigenvalue weighted by atomic mass is 32.1. The number of carbonyl (C=O) groups is 2. The van der Waals surface area contributed by atoms with E-state index in [1.807, 2.05) is 0 Å². The van der Waals surface area contributed by atoms with E-state index in [4.69, 9.17) is 0 Å². The van der Waals surface area contributed by atoms with E-state index in [9.17, 15) is 19.8 Å². The first-order valence-corrected chi connectivity index (χ1v) is 2.94. The van der Waals surface area contributed by atoms with Crippen LogP contribution >= 0.6 is 0 Å². The van der Waals surface area contributed by atoms with Crippen LogP contribution in [0.25, 0.3) is 0 Å². The molecule has 0 unspecified atom stereocenters. The van der Waals surface area contributed by atoms with E-state index >= 15 is 0 Å². The molecule has 0 aliphatic rings. The molecule has 0 aromatic carbocycles. The molecule has 0 aromatic rings. The van der Waals surface area contributed by atoms with Crippen LogP contribution in [-0.4, -0.2) is 11.9 Å². The van der Waals surface area contributed by atoms with Gasteiger partial charge in [0.05, 0.1) is 0 Å². The summed E-state index contributed by atoms with van der Waals surface area (Å²) in [5, 5.41) is 18.5. The molecular weight excluding hydrogens is 168 g/mol. The van der Waals surface area contributed by atoms with Gasteiger partial charge >= 0.3 is 13.5 Å². The third-order valence-corrected chi connectivity index (χ3v) is 0.577. The first-order valence-electron chi connectivity index (χ1n) is 2.94. The van der Waals surface area contributed by atoms with E-state index < -0.39 is 11.9 Å². The van der Waals surface area contributed by atoms with E-state index in [2.05, 4.69) is 0 Å². The molecule has 0 atom stereocenters. The monoisotopic (exact) mass is 178 g/mol. The minimum absolute atomic E-state index is 0. The van der Waals surface area contributed by atoms with Crippen LogP contribution in [0.15, 0.2) is 0 Å². The quantitative estimate of drug-likeness (QED) is 0.504. The Hall–Kier alpha value is -0.710. The van der Waals surface area contributed by atoms with Crippen molar-refractivity contribution >= 4 is 25.4 Å². The van der Waals surface area contributed by atoms with Crippen LogP contribution in [0.4, 0.5) is 0 Å². The molecule has 0 aromatic heterocycles. The third kappa shape index (κ3) is 45.6. The number of rotatable bonds is 2. The van der Waals surface area contributed by atoms with E-state index in [0.717, 1.165) is 0 Å². The van der Waals surface area contributed by atoms with Crippen molar-refractivity contribution in [3.05, 3.63) is 0 Å². The second kappa shape index (κ2) is 12.0. The standard InChI is InChI=1S/2C3H6O2.S/c2*1-2-3(4)5;/h2*2H2,1H3,(H,4,5);/q;;+2/p-2. The fourth-order valence-corrected chi connectivity index (χ4v) is 0. The zero-order valence-electron chi connectivity index (χ0n) is 6.46. The number of carboxylic acid groups (broad SMARTS) is 2. The summed E-state index contributed by atoms with van der Waals surface area (Å²) in [6, 6.07) is 0. The smallest absolute Gasteiger partial charge is 0.550 e. The number of carbonyl (C=O) groups excluding carboxylic acids is 2. The van der Waals surface area contributed by atoms with Crippen molar-refractivity contribution in [2.45, 2.75) is 26.7 Å². The molecule has 0 spiro atoms. The fourth-order valence-electron chi connectivity index (χ4n) is 0. The third-order valence-electron chi connectivity index (χ3n) is 0.577. The summed E-state index contributed by atoms with van der Waals surface area (Å²) in [5.41, 5.74) is 0. The van der Waals surface area contributed by atoms with Crippen LogP contribution in [0, 0.1) is 0 Å². The lowest BCUT2D eigenvalue weighted by molar-refractivity contribution is -0.306. The number of hydrogen-bond acceptors (Lipinski definition) is 4. The maximum atomic E-state index is 9.26. The van der Waals surface area contributed by atoms with Gasteiger partial charge in [-0.15, -0.1) is 0 Å². The Labute approximate surface area is 72.7 Å². The van der Waals surface area contributed by atoms with Gasteiger partial charge < -0.3 is 19.8 Å². The van der Waals surface area contributed by atoms with Gasteiger partial charge in [0.1, 0.15) is 0 Å². The molecule has 5 heteroatoms. The van der Waals surface area contributed by atoms with E-state index in [1.165, 1.54) is 13.8 Å². The van der Waals surface area contributed by atoms with Gasteiger partial charge in [-0.25, -0.2) is 0 Å². The summed E-state index contributed by atoms with van der Waals surface area (Å²) in [4.78, 5) is 18.5. The summed E-state index contributed by atoms with van der Waals surface area (Å²) < 4.78 is 0. The largest absolute Gasteiger partial charge is 2.00 e. The van der Waals surface area contributed by atoms with Gasteiger partial charge in [-0.2, -0.15) is 0 Å². The average Bonchev–Trinajstić information content (AvgIpc) is 1.89. The topological polar surface area (TPSA) is 80.3 Å². The molecule has 0 fully saturated rings. The second-order valence-electron chi connectivity index (χ2n) is 1.45. The molecular formula is C6H10O4S. The van der Waals surface area contributed by atoms with Gasteiger partial charge in [0.2, 0.25) is 0 Å². The highest BCUT2D eigenvalue weighted by Gasteiger charge is 2.00. The van der Waals surface area contributed by atoms with Crippen LogP contribution in [0.1, 0.15) is 26.7 Å². The molecule has 64 valence electrons. The molecule has 0 amide bonds. The van der Waals surface area contributed by atoms with Crippen molar-refractivity contribution in [1.82, 2.24) is 0 Å². The lowest BCUT2D eigenvalue weighted by atomic mass is 10.5. The van der Waals surface area contributed by atoms with Crippen molar-refractivity contribution in [1.29, 1.82) is 0 Å². The average molecular weight is 178 g/mol. The molecule has 0 heterocycles. The Balaban J connectivity index is -0.000000107. The number of aliphatic carboxylic acids is 2. The fraction of sp³-hybridized carbons (Fsp3) is 0.667. The van der Waals surface area contributed by atoms with Crippen LogP contribution in [0.5, 0.6) is 0 Å². The highest BCUT2D eigenvalue weighted by molar-refractivity contribution is 7.37. The maximum Gasteiger partial charge on any atom is 2.00 e. The van der Waals surface area contributed by atoms with Crippen molar-refractivity contribution in [2.75, 3.05) is 0 Å². The minimum atomic E-state index is -0.995. The molecule has 0 bridgehead atoms. The van der Waals surface area contributed by atoms with Gasteiger partial charge in [-0.05, 0) is 12.8 Å².